The Bertz CT molecular complexity index is 556. The van der Waals surface area contributed by atoms with Gasteiger partial charge in [-0.05, 0) is 11.6 Å². The maximum Gasteiger partial charge on any atom is 0.165 e. The van der Waals surface area contributed by atoms with Crippen molar-refractivity contribution in [1.82, 2.24) is 0 Å². The van der Waals surface area contributed by atoms with E-state index in [1.165, 1.54) is 0 Å². The molecule has 0 saturated heterocycles. The highest BCUT2D eigenvalue weighted by atomic mass is 35.5. The molecule has 0 bridgehead atoms. The minimum Gasteiger partial charge on any atom is -0.294 e. The molecule has 0 heterocycles. The maximum absolute atomic E-state index is 11.8. The highest BCUT2D eigenvalue weighted by molar-refractivity contribution is 6.33. The first-order valence-electron chi connectivity index (χ1n) is 5.99. The van der Waals surface area contributed by atoms with Crippen LogP contribution in [0.4, 0.5) is 0 Å². The molecular weight excluding hydrogens is 244 g/mol. The van der Waals surface area contributed by atoms with E-state index in [0.29, 0.717) is 0 Å². The summed E-state index contributed by atoms with van der Waals surface area (Å²) in [5, 5.41) is 0.723. The first kappa shape index (κ1) is 12.8. The fraction of sp³-hybridized carbons (Fsp3) is 0.188. The second kappa shape index (κ2) is 5.36. The molecule has 0 amide bonds. The number of rotatable bonds is 3. The van der Waals surface area contributed by atoms with Gasteiger partial charge in [0, 0.05) is 22.1 Å². The van der Waals surface area contributed by atoms with E-state index in [4.69, 9.17) is 11.6 Å². The zero-order valence-corrected chi connectivity index (χ0v) is 11.2. The molecule has 0 radical (unpaired) electrons. The van der Waals surface area contributed by atoms with Gasteiger partial charge in [-0.3, -0.25) is 4.79 Å². The van der Waals surface area contributed by atoms with Crippen LogP contribution < -0.4 is 0 Å². The SMILES string of the molecule is CC(C)C(=O)c1ccc(-c2ccccc2Cl)cc1. The number of carbonyl (C=O) groups is 1. The van der Waals surface area contributed by atoms with Crippen molar-refractivity contribution >= 4 is 17.4 Å². The van der Waals surface area contributed by atoms with Gasteiger partial charge in [0.15, 0.2) is 5.78 Å². The van der Waals surface area contributed by atoms with Crippen molar-refractivity contribution in [3.05, 3.63) is 59.1 Å². The summed E-state index contributed by atoms with van der Waals surface area (Å²) in [6.45, 7) is 3.81. The normalized spacial score (nSPS) is 10.7. The molecule has 2 aromatic carbocycles. The van der Waals surface area contributed by atoms with Crippen LogP contribution in [-0.2, 0) is 0 Å². The van der Waals surface area contributed by atoms with E-state index in [1.807, 2.05) is 62.4 Å². The van der Waals surface area contributed by atoms with Crippen LogP contribution in [0.2, 0.25) is 5.02 Å². The van der Waals surface area contributed by atoms with E-state index in [1.54, 1.807) is 0 Å². The minimum absolute atomic E-state index is 0.0242. The molecule has 0 unspecified atom stereocenters. The van der Waals surface area contributed by atoms with E-state index in [-0.39, 0.29) is 11.7 Å². The van der Waals surface area contributed by atoms with E-state index >= 15 is 0 Å². The van der Waals surface area contributed by atoms with Crippen LogP contribution in [0.1, 0.15) is 24.2 Å². The Labute approximate surface area is 112 Å². The van der Waals surface area contributed by atoms with Gasteiger partial charge < -0.3 is 0 Å². The van der Waals surface area contributed by atoms with Crippen molar-refractivity contribution < 1.29 is 4.79 Å². The van der Waals surface area contributed by atoms with E-state index in [2.05, 4.69) is 0 Å². The molecule has 2 aromatic rings. The molecule has 0 aliphatic heterocycles. The summed E-state index contributed by atoms with van der Waals surface area (Å²) < 4.78 is 0. The number of ketones is 1. The lowest BCUT2D eigenvalue weighted by Gasteiger charge is -2.07. The number of Topliss-reactive ketones (excluding diaryl/α,β-unsaturated/α-hetero) is 1. The Morgan fingerprint density at radius 1 is 1.00 bits per heavy atom. The van der Waals surface area contributed by atoms with Crippen LogP contribution in [0.25, 0.3) is 11.1 Å². The molecule has 0 N–H and O–H groups in total. The summed E-state index contributed by atoms with van der Waals surface area (Å²) in [4.78, 5) is 11.8. The fourth-order valence-corrected chi connectivity index (χ4v) is 2.09. The Hall–Kier alpha value is -1.60. The molecule has 0 aliphatic carbocycles. The van der Waals surface area contributed by atoms with Gasteiger partial charge >= 0.3 is 0 Å². The number of halogens is 1. The monoisotopic (exact) mass is 258 g/mol. The molecule has 0 aromatic heterocycles. The predicted molar refractivity (Wildman–Crippen MR) is 76.1 cm³/mol. The summed E-state index contributed by atoms with van der Waals surface area (Å²) in [6, 6.07) is 15.3. The van der Waals surface area contributed by atoms with Crippen LogP contribution >= 0.6 is 11.6 Å². The van der Waals surface area contributed by atoms with Gasteiger partial charge in [-0.2, -0.15) is 0 Å². The summed E-state index contributed by atoms with van der Waals surface area (Å²) in [5.74, 6) is 0.192. The molecule has 0 atom stereocenters. The van der Waals surface area contributed by atoms with Gasteiger partial charge in [0.2, 0.25) is 0 Å². The molecule has 18 heavy (non-hydrogen) atoms. The standard InChI is InChI=1S/C16H15ClO/c1-11(2)16(18)13-9-7-12(8-10-13)14-5-3-4-6-15(14)17/h3-11H,1-2H3. The van der Waals surface area contributed by atoms with Gasteiger partial charge in [0.1, 0.15) is 0 Å². The molecule has 0 spiro atoms. The topological polar surface area (TPSA) is 17.1 Å². The molecule has 2 rings (SSSR count). The van der Waals surface area contributed by atoms with E-state index < -0.39 is 0 Å². The smallest absolute Gasteiger partial charge is 0.165 e. The summed E-state index contributed by atoms with van der Waals surface area (Å²) in [7, 11) is 0. The lowest BCUT2D eigenvalue weighted by Crippen LogP contribution is -2.06. The van der Waals surface area contributed by atoms with Crippen molar-refractivity contribution in [2.75, 3.05) is 0 Å². The number of carbonyl (C=O) groups excluding carboxylic acids is 1. The van der Waals surface area contributed by atoms with Crippen molar-refractivity contribution in [3.8, 4) is 11.1 Å². The Kier molecular flexibility index (Phi) is 3.83. The summed E-state index contributed by atoms with van der Waals surface area (Å²) >= 11 is 6.14. The molecule has 92 valence electrons. The second-order valence-electron chi connectivity index (χ2n) is 4.58. The second-order valence-corrected chi connectivity index (χ2v) is 4.98. The third-order valence-corrected chi connectivity index (χ3v) is 3.21. The third-order valence-electron chi connectivity index (χ3n) is 2.88. The highest BCUT2D eigenvalue weighted by Crippen LogP contribution is 2.27. The minimum atomic E-state index is 0.0242. The number of hydrogen-bond donors (Lipinski definition) is 0. The average molecular weight is 259 g/mol. The first-order valence-corrected chi connectivity index (χ1v) is 6.36. The molecular formula is C16H15ClO. The molecule has 1 nitrogen and oxygen atoms in total. The van der Waals surface area contributed by atoms with Gasteiger partial charge in [-0.25, -0.2) is 0 Å². The van der Waals surface area contributed by atoms with Gasteiger partial charge in [0.05, 0.1) is 0 Å². The van der Waals surface area contributed by atoms with Crippen LogP contribution in [0, 0.1) is 5.92 Å². The van der Waals surface area contributed by atoms with Crippen molar-refractivity contribution in [3.63, 3.8) is 0 Å². The summed E-state index contributed by atoms with van der Waals surface area (Å²) in [5.41, 5.74) is 2.77. The molecule has 0 fully saturated rings. The highest BCUT2D eigenvalue weighted by Gasteiger charge is 2.10. The quantitative estimate of drug-likeness (QED) is 0.720. The zero-order chi connectivity index (χ0) is 13.1. The van der Waals surface area contributed by atoms with E-state index in [0.717, 1.165) is 21.7 Å². The molecule has 0 saturated carbocycles. The number of hydrogen-bond acceptors (Lipinski definition) is 1. The number of benzene rings is 2. The Balaban J connectivity index is 2.34. The van der Waals surface area contributed by atoms with Crippen molar-refractivity contribution in [1.29, 1.82) is 0 Å². The van der Waals surface area contributed by atoms with Gasteiger partial charge in [0.25, 0.3) is 0 Å². The van der Waals surface area contributed by atoms with Crippen molar-refractivity contribution in [2.45, 2.75) is 13.8 Å². The van der Waals surface area contributed by atoms with Gasteiger partial charge in [-0.15, -0.1) is 0 Å². The molecule has 0 aliphatic rings. The van der Waals surface area contributed by atoms with Crippen LogP contribution in [0.5, 0.6) is 0 Å². The third kappa shape index (κ3) is 2.62. The summed E-state index contributed by atoms with van der Waals surface area (Å²) in [6.07, 6.45) is 0. The van der Waals surface area contributed by atoms with Gasteiger partial charge in [-0.1, -0.05) is 67.9 Å². The van der Waals surface area contributed by atoms with Crippen LogP contribution in [0.3, 0.4) is 0 Å². The lowest BCUT2D eigenvalue weighted by molar-refractivity contribution is 0.0939. The lowest BCUT2D eigenvalue weighted by atomic mass is 9.98. The zero-order valence-electron chi connectivity index (χ0n) is 10.5. The largest absolute Gasteiger partial charge is 0.294 e. The predicted octanol–water partition coefficient (Wildman–Crippen LogP) is 4.85. The van der Waals surface area contributed by atoms with Crippen LogP contribution in [0.15, 0.2) is 48.5 Å². The first-order chi connectivity index (χ1) is 8.59. The maximum atomic E-state index is 11.8. The molecule has 2 heteroatoms. The van der Waals surface area contributed by atoms with Crippen molar-refractivity contribution in [2.24, 2.45) is 5.92 Å². The fourth-order valence-electron chi connectivity index (χ4n) is 1.84. The Morgan fingerprint density at radius 2 is 1.61 bits per heavy atom. The van der Waals surface area contributed by atoms with Crippen LogP contribution in [-0.4, -0.2) is 5.78 Å². The Morgan fingerprint density at radius 3 is 2.17 bits per heavy atom. The van der Waals surface area contributed by atoms with E-state index in [9.17, 15) is 4.79 Å². The average Bonchev–Trinajstić information content (AvgIpc) is 2.38.